The quantitative estimate of drug-likeness (QED) is 0.851. The molecular weight excluding hydrogens is 236 g/mol. The van der Waals surface area contributed by atoms with Crippen molar-refractivity contribution in [1.29, 1.82) is 0 Å². The molecule has 0 spiro atoms. The van der Waals surface area contributed by atoms with Crippen molar-refractivity contribution in [2.45, 2.75) is 32.6 Å². The number of carbonyl (C=O) groups is 1. The number of carbonyl (C=O) groups excluding carboxylic acids is 1. The van der Waals surface area contributed by atoms with Crippen LogP contribution in [0.25, 0.3) is 0 Å². The molecule has 1 aromatic rings. The molecule has 0 bridgehead atoms. The van der Waals surface area contributed by atoms with Crippen LogP contribution in [0.2, 0.25) is 0 Å². The summed E-state index contributed by atoms with van der Waals surface area (Å²) in [5.41, 5.74) is 8.52. The van der Waals surface area contributed by atoms with Crippen molar-refractivity contribution < 1.29 is 4.79 Å². The molecule has 1 amide bonds. The summed E-state index contributed by atoms with van der Waals surface area (Å²) in [5.74, 6) is 0.225. The van der Waals surface area contributed by atoms with Gasteiger partial charge < -0.3 is 10.6 Å². The third kappa shape index (κ3) is 3.57. The fourth-order valence-electron chi connectivity index (χ4n) is 2.52. The van der Waals surface area contributed by atoms with Crippen molar-refractivity contribution in [1.82, 2.24) is 4.90 Å². The topological polar surface area (TPSA) is 46.3 Å². The van der Waals surface area contributed by atoms with Crippen molar-refractivity contribution in [3.63, 3.8) is 0 Å². The SMILES string of the molecule is Cc1ccccc1CCC(=O)N(C)CC1(CN)CC1. The van der Waals surface area contributed by atoms with E-state index in [1.807, 2.05) is 24.1 Å². The van der Waals surface area contributed by atoms with Crippen LogP contribution in [0.4, 0.5) is 0 Å². The van der Waals surface area contributed by atoms with Crippen LogP contribution < -0.4 is 5.73 Å². The molecule has 1 aromatic carbocycles. The Kier molecular flexibility index (Phi) is 4.25. The molecule has 0 aromatic heterocycles. The Morgan fingerprint density at radius 3 is 2.63 bits per heavy atom. The smallest absolute Gasteiger partial charge is 0.222 e. The van der Waals surface area contributed by atoms with Crippen LogP contribution >= 0.6 is 0 Å². The summed E-state index contributed by atoms with van der Waals surface area (Å²) in [6.07, 6.45) is 3.74. The van der Waals surface area contributed by atoms with Crippen molar-refractivity contribution in [3.05, 3.63) is 35.4 Å². The Hall–Kier alpha value is -1.35. The summed E-state index contributed by atoms with van der Waals surface area (Å²) in [5, 5.41) is 0. The lowest BCUT2D eigenvalue weighted by atomic mass is 10.0. The standard InChI is InChI=1S/C16H24N2O/c1-13-5-3-4-6-14(13)7-8-15(19)18(2)12-16(11-17)9-10-16/h3-6H,7-12,17H2,1-2H3. The maximum Gasteiger partial charge on any atom is 0.222 e. The van der Waals surface area contributed by atoms with E-state index in [1.54, 1.807) is 0 Å². The Bertz CT molecular complexity index is 452. The summed E-state index contributed by atoms with van der Waals surface area (Å²) >= 11 is 0. The molecule has 1 fully saturated rings. The number of rotatable bonds is 6. The molecule has 0 aliphatic heterocycles. The average Bonchev–Trinajstić information content (AvgIpc) is 3.17. The van der Waals surface area contributed by atoms with Gasteiger partial charge in [-0.25, -0.2) is 0 Å². The lowest BCUT2D eigenvalue weighted by molar-refractivity contribution is -0.130. The molecule has 1 aliphatic rings. The molecule has 0 unspecified atom stereocenters. The van der Waals surface area contributed by atoms with E-state index in [-0.39, 0.29) is 11.3 Å². The van der Waals surface area contributed by atoms with Gasteiger partial charge in [0.2, 0.25) is 5.91 Å². The zero-order valence-electron chi connectivity index (χ0n) is 12.0. The molecule has 2 N–H and O–H groups in total. The van der Waals surface area contributed by atoms with Crippen molar-refractivity contribution >= 4 is 5.91 Å². The number of benzene rings is 1. The van der Waals surface area contributed by atoms with Crippen LogP contribution in [-0.2, 0) is 11.2 Å². The molecule has 3 nitrogen and oxygen atoms in total. The zero-order chi connectivity index (χ0) is 13.9. The Labute approximate surface area is 115 Å². The van der Waals surface area contributed by atoms with Crippen LogP contribution in [0, 0.1) is 12.3 Å². The van der Waals surface area contributed by atoms with Gasteiger partial charge in [-0.1, -0.05) is 24.3 Å². The van der Waals surface area contributed by atoms with Crippen LogP contribution in [0.1, 0.15) is 30.4 Å². The van der Waals surface area contributed by atoms with E-state index in [1.165, 1.54) is 24.0 Å². The molecular formula is C16H24N2O. The van der Waals surface area contributed by atoms with Crippen molar-refractivity contribution in [3.8, 4) is 0 Å². The van der Waals surface area contributed by atoms with E-state index in [2.05, 4.69) is 19.1 Å². The molecule has 19 heavy (non-hydrogen) atoms. The third-order valence-corrected chi connectivity index (χ3v) is 4.26. The lowest BCUT2D eigenvalue weighted by Gasteiger charge is -2.23. The molecule has 3 heteroatoms. The highest BCUT2D eigenvalue weighted by atomic mass is 16.2. The van der Waals surface area contributed by atoms with Gasteiger partial charge >= 0.3 is 0 Å². The summed E-state index contributed by atoms with van der Waals surface area (Å²) in [4.78, 5) is 14.0. The van der Waals surface area contributed by atoms with Gasteiger partial charge in [0.25, 0.3) is 0 Å². The van der Waals surface area contributed by atoms with E-state index >= 15 is 0 Å². The first-order valence-corrected chi connectivity index (χ1v) is 7.05. The minimum absolute atomic E-state index is 0.225. The molecule has 2 rings (SSSR count). The molecule has 0 heterocycles. The Balaban J connectivity index is 1.83. The molecule has 1 aliphatic carbocycles. The number of amides is 1. The molecule has 104 valence electrons. The van der Waals surface area contributed by atoms with Crippen LogP contribution in [0.3, 0.4) is 0 Å². The lowest BCUT2D eigenvalue weighted by Crippen LogP contribution is -2.35. The highest BCUT2D eigenvalue weighted by molar-refractivity contribution is 5.76. The number of nitrogens with two attached hydrogens (primary N) is 1. The largest absolute Gasteiger partial charge is 0.345 e. The minimum Gasteiger partial charge on any atom is -0.345 e. The summed E-state index contributed by atoms with van der Waals surface area (Å²) in [6.45, 7) is 3.61. The highest BCUT2D eigenvalue weighted by Crippen LogP contribution is 2.44. The Morgan fingerprint density at radius 1 is 1.37 bits per heavy atom. The average molecular weight is 260 g/mol. The van der Waals surface area contributed by atoms with Gasteiger partial charge in [-0.3, -0.25) is 4.79 Å². The zero-order valence-corrected chi connectivity index (χ0v) is 12.0. The monoisotopic (exact) mass is 260 g/mol. The summed E-state index contributed by atoms with van der Waals surface area (Å²) < 4.78 is 0. The van der Waals surface area contributed by atoms with E-state index in [0.717, 1.165) is 13.0 Å². The van der Waals surface area contributed by atoms with Gasteiger partial charge in [0, 0.05) is 25.4 Å². The number of aryl methyl sites for hydroxylation is 2. The van der Waals surface area contributed by atoms with Gasteiger partial charge in [-0.05, 0) is 43.9 Å². The first-order chi connectivity index (χ1) is 9.06. The normalized spacial score (nSPS) is 16.2. The summed E-state index contributed by atoms with van der Waals surface area (Å²) in [7, 11) is 1.90. The van der Waals surface area contributed by atoms with Crippen molar-refractivity contribution in [2.24, 2.45) is 11.1 Å². The first-order valence-electron chi connectivity index (χ1n) is 7.05. The van der Waals surface area contributed by atoms with Gasteiger partial charge in [0.15, 0.2) is 0 Å². The van der Waals surface area contributed by atoms with E-state index < -0.39 is 0 Å². The molecule has 0 atom stereocenters. The number of hydrogen-bond acceptors (Lipinski definition) is 2. The second-order valence-corrected chi connectivity index (χ2v) is 5.88. The van der Waals surface area contributed by atoms with Crippen LogP contribution in [0.15, 0.2) is 24.3 Å². The van der Waals surface area contributed by atoms with Crippen molar-refractivity contribution in [2.75, 3.05) is 20.1 Å². The predicted octanol–water partition coefficient (Wildman–Crippen LogP) is 2.12. The number of nitrogens with zero attached hydrogens (tertiary/aromatic N) is 1. The predicted molar refractivity (Wildman–Crippen MR) is 77.9 cm³/mol. The molecule has 0 saturated heterocycles. The van der Waals surface area contributed by atoms with Gasteiger partial charge in [-0.2, -0.15) is 0 Å². The minimum atomic E-state index is 0.225. The molecule has 1 saturated carbocycles. The van der Waals surface area contributed by atoms with E-state index in [4.69, 9.17) is 5.73 Å². The fourth-order valence-corrected chi connectivity index (χ4v) is 2.52. The maximum atomic E-state index is 12.1. The fraction of sp³-hybridized carbons (Fsp3) is 0.562. The second kappa shape index (κ2) is 5.74. The summed E-state index contributed by atoms with van der Waals surface area (Å²) in [6, 6.07) is 8.26. The number of hydrogen-bond donors (Lipinski definition) is 1. The van der Waals surface area contributed by atoms with E-state index in [0.29, 0.717) is 13.0 Å². The van der Waals surface area contributed by atoms with Gasteiger partial charge in [0.05, 0.1) is 0 Å². The second-order valence-electron chi connectivity index (χ2n) is 5.88. The Morgan fingerprint density at radius 2 is 2.05 bits per heavy atom. The first kappa shape index (κ1) is 14.1. The van der Waals surface area contributed by atoms with Gasteiger partial charge in [0.1, 0.15) is 0 Å². The van der Waals surface area contributed by atoms with Crippen LogP contribution in [0.5, 0.6) is 0 Å². The molecule has 0 radical (unpaired) electrons. The highest BCUT2D eigenvalue weighted by Gasteiger charge is 2.42. The maximum absolute atomic E-state index is 12.1. The third-order valence-electron chi connectivity index (χ3n) is 4.26. The van der Waals surface area contributed by atoms with Gasteiger partial charge in [-0.15, -0.1) is 0 Å². The van der Waals surface area contributed by atoms with E-state index in [9.17, 15) is 4.79 Å². The van der Waals surface area contributed by atoms with Crippen LogP contribution in [-0.4, -0.2) is 30.9 Å².